The third-order valence-electron chi connectivity index (χ3n) is 3.13. The highest BCUT2D eigenvalue weighted by Gasteiger charge is 2.15. The lowest BCUT2D eigenvalue weighted by molar-refractivity contribution is -0.130. The summed E-state index contributed by atoms with van der Waals surface area (Å²) in [6.45, 7) is 0.688. The first-order valence-corrected chi connectivity index (χ1v) is 7.99. The highest BCUT2D eigenvalue weighted by Crippen LogP contribution is 2.23. The second-order valence-corrected chi connectivity index (χ2v) is 5.62. The van der Waals surface area contributed by atoms with Gasteiger partial charge >= 0.3 is 0 Å². The molecule has 0 unspecified atom stereocenters. The minimum atomic E-state index is -0.112. The number of carbonyl (C=O) groups excluding carboxylic acids is 1. The number of hydrogen-bond acceptors (Lipinski definition) is 6. The molecule has 2 rings (SSSR count). The van der Waals surface area contributed by atoms with Crippen LogP contribution < -0.4 is 0 Å². The molecule has 0 spiro atoms. The zero-order valence-electron chi connectivity index (χ0n) is 12.5. The summed E-state index contributed by atoms with van der Waals surface area (Å²) in [6, 6.07) is 7.80. The summed E-state index contributed by atoms with van der Waals surface area (Å²) in [5.74, 6) is -0.112. The average Bonchev–Trinajstić information content (AvgIpc) is 3.04. The Kier molecular flexibility index (Phi) is 6.22. The molecule has 0 aliphatic rings. The van der Waals surface area contributed by atoms with Crippen LogP contribution in [0.15, 0.2) is 29.9 Å². The van der Waals surface area contributed by atoms with Crippen molar-refractivity contribution in [2.45, 2.75) is 19.3 Å². The van der Waals surface area contributed by atoms with Gasteiger partial charge in [-0.3, -0.25) is 9.78 Å². The number of carbonyl (C=O) groups is 1. The summed E-state index contributed by atoms with van der Waals surface area (Å²) in [4.78, 5) is 22.4. The molecule has 0 saturated carbocycles. The van der Waals surface area contributed by atoms with Crippen LogP contribution in [-0.2, 0) is 11.2 Å². The van der Waals surface area contributed by atoms with Crippen LogP contribution in [0.3, 0.4) is 0 Å². The maximum atomic E-state index is 12.3. The molecule has 0 fully saturated rings. The molecule has 0 atom stereocenters. The molecule has 2 heterocycles. The third-order valence-corrected chi connectivity index (χ3v) is 4.07. The number of aromatic nitrogens is 2. The van der Waals surface area contributed by atoms with Crippen molar-refractivity contribution in [2.24, 2.45) is 0 Å². The van der Waals surface area contributed by atoms with Gasteiger partial charge in [-0.05, 0) is 12.1 Å². The molecule has 0 aliphatic heterocycles. The van der Waals surface area contributed by atoms with E-state index in [9.17, 15) is 4.79 Å². The minimum Gasteiger partial charge on any atom is -0.340 e. The molecular weight excluding hydrogens is 310 g/mol. The van der Waals surface area contributed by atoms with E-state index in [-0.39, 0.29) is 25.2 Å². The Morgan fingerprint density at radius 3 is 2.61 bits per heavy atom. The second-order valence-electron chi connectivity index (χ2n) is 4.76. The molecular formula is C16H15N5OS. The number of amides is 1. The van der Waals surface area contributed by atoms with Gasteiger partial charge in [-0.2, -0.15) is 10.5 Å². The van der Waals surface area contributed by atoms with Gasteiger partial charge < -0.3 is 4.90 Å². The van der Waals surface area contributed by atoms with Crippen molar-refractivity contribution < 1.29 is 4.79 Å². The van der Waals surface area contributed by atoms with Crippen LogP contribution in [0.25, 0.3) is 10.6 Å². The number of pyridine rings is 1. The van der Waals surface area contributed by atoms with Gasteiger partial charge in [0.25, 0.3) is 0 Å². The van der Waals surface area contributed by atoms with E-state index < -0.39 is 0 Å². The van der Waals surface area contributed by atoms with Gasteiger partial charge in [0.2, 0.25) is 5.91 Å². The summed E-state index contributed by atoms with van der Waals surface area (Å²) in [6.07, 6.45) is 4.12. The summed E-state index contributed by atoms with van der Waals surface area (Å²) in [7, 11) is 0. The first kappa shape index (κ1) is 16.6. The van der Waals surface area contributed by atoms with Crippen molar-refractivity contribution in [3.05, 3.63) is 35.6 Å². The van der Waals surface area contributed by atoms with E-state index in [1.54, 1.807) is 17.3 Å². The van der Waals surface area contributed by atoms with Crippen molar-refractivity contribution in [3.8, 4) is 22.7 Å². The Morgan fingerprint density at radius 2 is 2.00 bits per heavy atom. The van der Waals surface area contributed by atoms with Gasteiger partial charge in [0, 0.05) is 36.4 Å². The molecule has 0 aliphatic carbocycles. The number of rotatable bonds is 7. The highest BCUT2D eigenvalue weighted by atomic mass is 32.1. The van der Waals surface area contributed by atoms with Crippen LogP contribution in [0, 0.1) is 22.7 Å². The third kappa shape index (κ3) is 4.87. The predicted molar refractivity (Wildman–Crippen MR) is 86.1 cm³/mol. The molecule has 0 N–H and O–H groups in total. The minimum absolute atomic E-state index is 0.112. The van der Waals surface area contributed by atoms with Gasteiger partial charge in [-0.15, -0.1) is 11.3 Å². The quantitative estimate of drug-likeness (QED) is 0.779. The fraction of sp³-hybridized carbons (Fsp3) is 0.312. The first-order chi connectivity index (χ1) is 11.2. The second kappa shape index (κ2) is 8.62. The number of nitriles is 2. The number of nitrogens with zero attached hydrogens (tertiary/aromatic N) is 5. The topological polar surface area (TPSA) is 93.7 Å². The lowest BCUT2D eigenvalue weighted by Gasteiger charge is -2.19. The number of thiazole rings is 1. The summed E-state index contributed by atoms with van der Waals surface area (Å²) in [5.41, 5.74) is 1.61. The van der Waals surface area contributed by atoms with Crippen LogP contribution in [-0.4, -0.2) is 33.9 Å². The zero-order chi connectivity index (χ0) is 16.5. The van der Waals surface area contributed by atoms with Gasteiger partial charge in [0.1, 0.15) is 5.01 Å². The lowest BCUT2D eigenvalue weighted by atomic mass is 10.2. The van der Waals surface area contributed by atoms with Crippen LogP contribution in [0.1, 0.15) is 18.5 Å². The van der Waals surface area contributed by atoms with E-state index in [2.05, 4.69) is 9.97 Å². The van der Waals surface area contributed by atoms with Gasteiger partial charge in [0.05, 0.1) is 37.1 Å². The smallest absolute Gasteiger partial charge is 0.228 e. The van der Waals surface area contributed by atoms with E-state index >= 15 is 0 Å². The Balaban J connectivity index is 2.02. The van der Waals surface area contributed by atoms with Gasteiger partial charge in [-0.1, -0.05) is 0 Å². The molecule has 7 heteroatoms. The fourth-order valence-corrected chi connectivity index (χ4v) is 2.82. The maximum absolute atomic E-state index is 12.3. The molecule has 2 aromatic rings. The number of hydrogen-bond donors (Lipinski definition) is 0. The van der Waals surface area contributed by atoms with Crippen molar-refractivity contribution in [1.29, 1.82) is 10.5 Å². The van der Waals surface area contributed by atoms with Crippen LogP contribution >= 0.6 is 11.3 Å². The summed E-state index contributed by atoms with van der Waals surface area (Å²) < 4.78 is 0. The Morgan fingerprint density at radius 1 is 1.26 bits per heavy atom. The summed E-state index contributed by atoms with van der Waals surface area (Å²) in [5, 5.41) is 20.0. The highest BCUT2D eigenvalue weighted by molar-refractivity contribution is 7.13. The molecule has 116 valence electrons. The molecule has 0 aromatic carbocycles. The molecule has 6 nitrogen and oxygen atoms in total. The van der Waals surface area contributed by atoms with Crippen LogP contribution in [0.4, 0.5) is 0 Å². The molecule has 0 saturated heterocycles. The Labute approximate surface area is 138 Å². The predicted octanol–water partition coefficient (Wildman–Crippen LogP) is 2.40. The summed E-state index contributed by atoms with van der Waals surface area (Å²) >= 11 is 1.47. The Hall–Kier alpha value is -2.77. The molecule has 23 heavy (non-hydrogen) atoms. The van der Waals surface area contributed by atoms with Crippen LogP contribution in [0.2, 0.25) is 0 Å². The van der Waals surface area contributed by atoms with E-state index in [0.717, 1.165) is 10.6 Å². The van der Waals surface area contributed by atoms with E-state index in [1.807, 2.05) is 29.7 Å². The fourth-order valence-electron chi connectivity index (χ4n) is 2.01. The van der Waals surface area contributed by atoms with Gasteiger partial charge in [-0.25, -0.2) is 4.98 Å². The van der Waals surface area contributed by atoms with Crippen molar-refractivity contribution in [2.75, 3.05) is 13.1 Å². The van der Waals surface area contributed by atoms with E-state index in [1.165, 1.54) is 11.3 Å². The Bertz CT molecular complexity index is 711. The first-order valence-electron chi connectivity index (χ1n) is 7.11. The zero-order valence-corrected chi connectivity index (χ0v) is 13.3. The standard InChI is InChI=1S/C16H15N5OS/c17-5-2-8-21(9-3-6-18)15(22)10-14-12-23-16(20-14)13-4-1-7-19-11-13/h1,4,7,11-12H,2-3,8-10H2. The van der Waals surface area contributed by atoms with Crippen molar-refractivity contribution >= 4 is 17.2 Å². The SMILES string of the molecule is N#CCCN(CCC#N)C(=O)Cc1csc(-c2cccnc2)n1. The molecule has 1 amide bonds. The van der Waals surface area contributed by atoms with Crippen LogP contribution in [0.5, 0.6) is 0 Å². The lowest BCUT2D eigenvalue weighted by Crippen LogP contribution is -2.34. The molecule has 2 aromatic heterocycles. The maximum Gasteiger partial charge on any atom is 0.228 e. The monoisotopic (exact) mass is 325 g/mol. The van der Waals surface area contributed by atoms with E-state index in [4.69, 9.17) is 10.5 Å². The van der Waals surface area contributed by atoms with Crippen molar-refractivity contribution in [1.82, 2.24) is 14.9 Å². The molecule has 0 bridgehead atoms. The van der Waals surface area contributed by atoms with Gasteiger partial charge in [0.15, 0.2) is 0 Å². The largest absolute Gasteiger partial charge is 0.340 e. The van der Waals surface area contributed by atoms with Crippen molar-refractivity contribution in [3.63, 3.8) is 0 Å². The molecule has 0 radical (unpaired) electrons. The average molecular weight is 325 g/mol. The van der Waals surface area contributed by atoms with E-state index in [0.29, 0.717) is 18.8 Å². The normalized spacial score (nSPS) is 9.83.